The van der Waals surface area contributed by atoms with E-state index in [1.54, 1.807) is 12.1 Å². The van der Waals surface area contributed by atoms with Gasteiger partial charge in [0.2, 0.25) is 0 Å². The zero-order valence-corrected chi connectivity index (χ0v) is 19.8. The van der Waals surface area contributed by atoms with Crippen LogP contribution < -0.4 is 9.61 Å². The Morgan fingerprint density at radius 3 is 2.73 bits per heavy atom. The molecular weight excluding hydrogens is 456 g/mol. The third-order valence-corrected chi connectivity index (χ3v) is 10.1. The van der Waals surface area contributed by atoms with Gasteiger partial charge in [-0.05, 0) is 55.6 Å². The van der Waals surface area contributed by atoms with Crippen molar-refractivity contribution >= 4 is 28.8 Å². The van der Waals surface area contributed by atoms with Gasteiger partial charge >= 0.3 is 4.87 Å². The lowest BCUT2D eigenvalue weighted by atomic mass is 9.74. The molecule has 2 bridgehead atoms. The minimum absolute atomic E-state index is 0.0570. The first-order valence-electron chi connectivity index (χ1n) is 11.3. The monoisotopic (exact) mass is 480 g/mol. The number of nitro groups is 1. The molecule has 2 heterocycles. The fourth-order valence-corrected chi connectivity index (χ4v) is 8.95. The van der Waals surface area contributed by atoms with Crippen LogP contribution in [0.25, 0.3) is 0 Å². The van der Waals surface area contributed by atoms with Gasteiger partial charge in [-0.25, -0.2) is 0 Å². The Hall–Kier alpha value is -2.58. The molecule has 170 valence electrons. The lowest BCUT2D eigenvalue weighted by Crippen LogP contribution is -2.33. The Morgan fingerprint density at radius 2 is 1.94 bits per heavy atom. The molecule has 0 saturated heterocycles. The molecular formula is C25H24N2O4S2. The molecule has 3 aliphatic rings. The number of thiazole rings is 1. The van der Waals surface area contributed by atoms with Crippen molar-refractivity contribution in [2.75, 3.05) is 0 Å². The van der Waals surface area contributed by atoms with Crippen molar-refractivity contribution in [3.8, 4) is 5.75 Å². The molecule has 33 heavy (non-hydrogen) atoms. The number of aryl methyl sites for hydroxylation is 1. The molecule has 0 amide bonds. The van der Waals surface area contributed by atoms with Gasteiger partial charge in [0.25, 0.3) is 5.69 Å². The first-order valence-corrected chi connectivity index (χ1v) is 13.0. The first kappa shape index (κ1) is 21.0. The third-order valence-electron chi connectivity index (χ3n) is 7.52. The average molecular weight is 481 g/mol. The number of nitro benzene ring substituents is 1. The van der Waals surface area contributed by atoms with E-state index in [-0.39, 0.29) is 21.4 Å². The Kier molecular flexibility index (Phi) is 5.10. The van der Waals surface area contributed by atoms with Crippen LogP contribution in [-0.4, -0.2) is 15.2 Å². The van der Waals surface area contributed by atoms with Crippen molar-refractivity contribution in [3.63, 3.8) is 0 Å². The second-order valence-corrected chi connectivity index (χ2v) is 11.6. The number of nitrogens with one attached hydrogen (secondary N) is 1. The number of H-pyrrole nitrogens is 1. The molecule has 5 atom stereocenters. The Bertz CT molecular complexity index is 1280. The normalized spacial score (nSPS) is 27.2. The number of fused-ring (bicyclic) bond motifs is 6. The van der Waals surface area contributed by atoms with Crippen molar-refractivity contribution in [2.24, 2.45) is 17.8 Å². The fourth-order valence-electron chi connectivity index (χ4n) is 6.07. The van der Waals surface area contributed by atoms with Gasteiger partial charge in [0.1, 0.15) is 12.4 Å². The highest BCUT2D eigenvalue weighted by Gasteiger charge is 2.55. The van der Waals surface area contributed by atoms with Crippen molar-refractivity contribution < 1.29 is 9.66 Å². The van der Waals surface area contributed by atoms with Gasteiger partial charge in [0, 0.05) is 33.7 Å². The lowest BCUT2D eigenvalue weighted by molar-refractivity contribution is -0.385. The molecule has 2 aromatic carbocycles. The van der Waals surface area contributed by atoms with E-state index >= 15 is 0 Å². The second-order valence-electron chi connectivity index (χ2n) is 9.43. The molecule has 1 N–H and O–H groups in total. The highest BCUT2D eigenvalue weighted by Crippen LogP contribution is 2.64. The average Bonchev–Trinajstić information content (AvgIpc) is 3.51. The van der Waals surface area contributed by atoms with Crippen LogP contribution in [0, 0.1) is 34.8 Å². The van der Waals surface area contributed by atoms with Crippen molar-refractivity contribution in [1.82, 2.24) is 4.98 Å². The predicted molar refractivity (Wildman–Crippen MR) is 129 cm³/mol. The van der Waals surface area contributed by atoms with Crippen LogP contribution in [0.15, 0.2) is 52.3 Å². The van der Waals surface area contributed by atoms with Crippen LogP contribution in [0.4, 0.5) is 5.69 Å². The van der Waals surface area contributed by atoms with E-state index in [2.05, 4.69) is 17.1 Å². The summed E-state index contributed by atoms with van der Waals surface area (Å²) < 4.78 is 6.29. The van der Waals surface area contributed by atoms with E-state index in [1.165, 1.54) is 42.2 Å². The van der Waals surface area contributed by atoms with E-state index in [4.69, 9.17) is 4.74 Å². The fraction of sp³-hybridized carbons (Fsp3) is 0.400. The van der Waals surface area contributed by atoms with Crippen molar-refractivity contribution in [1.29, 1.82) is 0 Å². The Balaban J connectivity index is 1.44. The maximum Gasteiger partial charge on any atom is 0.305 e. The van der Waals surface area contributed by atoms with Gasteiger partial charge in [-0.3, -0.25) is 14.9 Å². The highest BCUT2D eigenvalue weighted by molar-refractivity contribution is 8.00. The first-order chi connectivity index (χ1) is 16.0. The quantitative estimate of drug-likeness (QED) is 0.364. The summed E-state index contributed by atoms with van der Waals surface area (Å²) in [5.41, 5.74) is 3.14. The van der Waals surface area contributed by atoms with Crippen LogP contribution in [0.3, 0.4) is 0 Å². The molecule has 2 aliphatic carbocycles. The molecule has 1 aromatic heterocycles. The number of aromatic nitrogens is 1. The number of rotatable bonds is 5. The molecule has 0 unspecified atom stereocenters. The van der Waals surface area contributed by atoms with Gasteiger partial charge < -0.3 is 9.72 Å². The van der Waals surface area contributed by atoms with E-state index < -0.39 is 0 Å². The molecule has 3 aromatic rings. The molecule has 0 radical (unpaired) electrons. The zero-order valence-electron chi connectivity index (χ0n) is 18.2. The number of non-ortho nitro benzene ring substituents is 1. The summed E-state index contributed by atoms with van der Waals surface area (Å²) in [6.45, 7) is 2.44. The summed E-state index contributed by atoms with van der Waals surface area (Å²) in [7, 11) is 0. The van der Waals surface area contributed by atoms with E-state index in [0.717, 1.165) is 21.0 Å². The maximum absolute atomic E-state index is 12.3. The Labute approximate surface area is 199 Å². The molecule has 2 saturated carbocycles. The molecule has 6 nitrogen and oxygen atoms in total. The van der Waals surface area contributed by atoms with Gasteiger partial charge in [-0.2, -0.15) is 0 Å². The maximum atomic E-state index is 12.3. The highest BCUT2D eigenvalue weighted by atomic mass is 32.2. The minimum Gasteiger partial charge on any atom is -0.489 e. The molecule has 8 heteroatoms. The molecule has 1 aliphatic heterocycles. The number of benzene rings is 2. The predicted octanol–water partition coefficient (Wildman–Crippen LogP) is 5.88. The van der Waals surface area contributed by atoms with E-state index in [0.29, 0.717) is 35.4 Å². The molecule has 0 spiro atoms. The summed E-state index contributed by atoms with van der Waals surface area (Å²) in [5, 5.41) is 13.1. The number of aromatic amines is 1. The molecule has 6 rings (SSSR count). The molecule has 2 fully saturated rings. The largest absolute Gasteiger partial charge is 0.489 e. The van der Waals surface area contributed by atoms with Crippen LogP contribution in [0.5, 0.6) is 5.75 Å². The zero-order chi connectivity index (χ0) is 22.7. The van der Waals surface area contributed by atoms with E-state index in [9.17, 15) is 14.9 Å². The number of hydrogen-bond donors (Lipinski definition) is 1. The van der Waals surface area contributed by atoms with Crippen LogP contribution in [0.2, 0.25) is 0 Å². The van der Waals surface area contributed by atoms with Gasteiger partial charge in [-0.15, -0.1) is 11.8 Å². The lowest BCUT2D eigenvalue weighted by Gasteiger charge is -2.40. The second kappa shape index (κ2) is 8.02. The van der Waals surface area contributed by atoms with Crippen LogP contribution in [0.1, 0.15) is 46.7 Å². The van der Waals surface area contributed by atoms with Crippen molar-refractivity contribution in [3.05, 3.63) is 83.8 Å². The Morgan fingerprint density at radius 1 is 1.15 bits per heavy atom. The summed E-state index contributed by atoms with van der Waals surface area (Å²) in [4.78, 5) is 27.7. The van der Waals surface area contributed by atoms with E-state index in [1.807, 2.05) is 30.8 Å². The standard InChI is InChI=1S/C25H24N2O4S2/c1-13-2-4-14(5-3-13)12-31-19-9-8-17(27(29)30)11-18(19)21-20-15-6-7-16(10-15)22(20)32-24-23(21)33-25(28)26-24/h2-5,8-9,11,15-16,20-22H,6-7,10,12H2,1H3,(H,26,28)/t15-,16-,20-,21+,22-/m1/s1. The van der Waals surface area contributed by atoms with Crippen LogP contribution >= 0.6 is 23.1 Å². The summed E-state index contributed by atoms with van der Waals surface area (Å²) in [6, 6.07) is 13.1. The van der Waals surface area contributed by atoms with Crippen LogP contribution in [-0.2, 0) is 6.61 Å². The summed E-state index contributed by atoms with van der Waals surface area (Å²) in [6.07, 6.45) is 3.65. The number of thioether (sulfide) groups is 1. The van der Waals surface area contributed by atoms with Gasteiger partial charge in [0.05, 0.1) is 9.95 Å². The number of ether oxygens (including phenoxy) is 1. The summed E-state index contributed by atoms with van der Waals surface area (Å²) in [5.74, 6) is 2.23. The van der Waals surface area contributed by atoms with Crippen molar-refractivity contribution in [2.45, 2.75) is 49.0 Å². The van der Waals surface area contributed by atoms with Gasteiger partial charge in [-0.1, -0.05) is 41.2 Å². The summed E-state index contributed by atoms with van der Waals surface area (Å²) >= 11 is 3.07. The third kappa shape index (κ3) is 3.60. The smallest absolute Gasteiger partial charge is 0.305 e. The van der Waals surface area contributed by atoms with Gasteiger partial charge in [0.15, 0.2) is 0 Å². The number of hydrogen-bond acceptors (Lipinski definition) is 6. The SMILES string of the molecule is Cc1ccc(COc2ccc([N+](=O)[O-])cc2[C@@H]2c3sc(=O)[nH]c3S[C@@H]3[C@@H]4CC[C@H](C4)[C@H]23)cc1. The minimum atomic E-state index is -0.344. The topological polar surface area (TPSA) is 85.2 Å². The number of nitrogens with zero attached hydrogens (tertiary/aromatic N) is 1.